The van der Waals surface area contributed by atoms with Gasteiger partial charge in [-0.25, -0.2) is 0 Å². The molecule has 20 heavy (non-hydrogen) atoms. The van der Waals surface area contributed by atoms with Crippen LogP contribution in [0.1, 0.15) is 12.5 Å². The fourth-order valence-corrected chi connectivity index (χ4v) is 2.14. The molecule has 0 aromatic heterocycles. The normalized spacial score (nSPS) is 11.8. The van der Waals surface area contributed by atoms with Crippen molar-refractivity contribution >= 4 is 27.5 Å². The van der Waals surface area contributed by atoms with Crippen molar-refractivity contribution in [2.45, 2.75) is 20.0 Å². The number of hydrogen-bond acceptors (Lipinski definition) is 2. The lowest BCUT2D eigenvalue weighted by Gasteiger charge is -2.16. The van der Waals surface area contributed by atoms with E-state index in [9.17, 15) is 4.79 Å². The van der Waals surface area contributed by atoms with Crippen molar-refractivity contribution in [2.24, 2.45) is 0 Å². The molecule has 2 aromatic carbocycles. The van der Waals surface area contributed by atoms with Crippen LogP contribution in [-0.4, -0.2) is 12.0 Å². The second kappa shape index (κ2) is 6.57. The molecule has 0 saturated heterocycles. The zero-order chi connectivity index (χ0) is 14.5. The van der Waals surface area contributed by atoms with E-state index in [0.717, 1.165) is 21.5 Å². The molecule has 0 radical (unpaired) electrons. The van der Waals surface area contributed by atoms with Gasteiger partial charge in [-0.3, -0.25) is 4.79 Å². The Kier molecular flexibility index (Phi) is 4.79. The van der Waals surface area contributed by atoms with E-state index >= 15 is 0 Å². The third-order valence-electron chi connectivity index (χ3n) is 2.86. The van der Waals surface area contributed by atoms with E-state index in [4.69, 9.17) is 4.74 Å². The van der Waals surface area contributed by atoms with Gasteiger partial charge in [0.25, 0.3) is 5.91 Å². The molecule has 0 heterocycles. The Bertz CT molecular complexity index is 613. The number of benzene rings is 2. The summed E-state index contributed by atoms with van der Waals surface area (Å²) in [6.45, 7) is 3.69. The quantitative estimate of drug-likeness (QED) is 0.912. The summed E-state index contributed by atoms with van der Waals surface area (Å²) in [6.07, 6.45) is -0.560. The Balaban J connectivity index is 2.01. The van der Waals surface area contributed by atoms with E-state index in [1.807, 2.05) is 55.5 Å². The van der Waals surface area contributed by atoms with Crippen molar-refractivity contribution in [1.82, 2.24) is 0 Å². The summed E-state index contributed by atoms with van der Waals surface area (Å²) in [5.41, 5.74) is 1.75. The highest BCUT2D eigenvalue weighted by molar-refractivity contribution is 9.10. The van der Waals surface area contributed by atoms with Crippen molar-refractivity contribution in [3.63, 3.8) is 0 Å². The van der Waals surface area contributed by atoms with E-state index in [2.05, 4.69) is 21.2 Å². The zero-order valence-corrected chi connectivity index (χ0v) is 13.0. The zero-order valence-electron chi connectivity index (χ0n) is 11.4. The first-order valence-corrected chi connectivity index (χ1v) is 7.14. The highest BCUT2D eigenvalue weighted by Gasteiger charge is 2.15. The van der Waals surface area contributed by atoms with Crippen LogP contribution in [0.5, 0.6) is 5.75 Å². The molecule has 3 nitrogen and oxygen atoms in total. The van der Waals surface area contributed by atoms with Crippen molar-refractivity contribution < 1.29 is 9.53 Å². The first-order valence-electron chi connectivity index (χ1n) is 6.35. The highest BCUT2D eigenvalue weighted by Crippen LogP contribution is 2.19. The van der Waals surface area contributed by atoms with Crippen LogP contribution in [0.3, 0.4) is 0 Å². The summed E-state index contributed by atoms with van der Waals surface area (Å²) in [5, 5.41) is 2.83. The number of carbonyl (C=O) groups excluding carboxylic acids is 1. The predicted molar refractivity (Wildman–Crippen MR) is 84.0 cm³/mol. The molecule has 0 aliphatic heterocycles. The summed E-state index contributed by atoms with van der Waals surface area (Å²) in [7, 11) is 0. The van der Waals surface area contributed by atoms with Gasteiger partial charge >= 0.3 is 0 Å². The number of rotatable bonds is 4. The molecule has 0 spiro atoms. The number of amides is 1. The van der Waals surface area contributed by atoms with E-state index in [0.29, 0.717) is 0 Å². The average Bonchev–Trinajstić information content (AvgIpc) is 2.41. The number of nitrogens with one attached hydrogen (secondary N) is 1. The molecule has 1 N–H and O–H groups in total. The lowest BCUT2D eigenvalue weighted by atomic mass is 10.2. The molecule has 4 heteroatoms. The van der Waals surface area contributed by atoms with E-state index in [1.54, 1.807) is 6.92 Å². The third-order valence-corrected chi connectivity index (χ3v) is 3.35. The molecule has 104 valence electrons. The van der Waals surface area contributed by atoms with Gasteiger partial charge < -0.3 is 10.1 Å². The number of hydrogen-bond donors (Lipinski definition) is 1. The number of carbonyl (C=O) groups is 1. The molecule has 1 atom stereocenters. The molecule has 2 aromatic rings. The van der Waals surface area contributed by atoms with Gasteiger partial charge in [0.05, 0.1) is 0 Å². The summed E-state index contributed by atoms with van der Waals surface area (Å²) in [5.74, 6) is 0.552. The molecule has 2 rings (SSSR count). The lowest BCUT2D eigenvalue weighted by molar-refractivity contribution is -0.122. The third kappa shape index (κ3) is 3.84. The maximum Gasteiger partial charge on any atom is 0.265 e. The van der Waals surface area contributed by atoms with E-state index < -0.39 is 6.10 Å². The smallest absolute Gasteiger partial charge is 0.265 e. The second-order valence-corrected chi connectivity index (χ2v) is 5.44. The Hall–Kier alpha value is -1.81. The van der Waals surface area contributed by atoms with Gasteiger partial charge in [0.15, 0.2) is 6.10 Å². The van der Waals surface area contributed by atoms with Gasteiger partial charge in [-0.05, 0) is 43.7 Å². The van der Waals surface area contributed by atoms with E-state index in [-0.39, 0.29) is 5.91 Å². The lowest BCUT2D eigenvalue weighted by Crippen LogP contribution is -2.30. The Morgan fingerprint density at radius 3 is 2.65 bits per heavy atom. The van der Waals surface area contributed by atoms with Crippen LogP contribution in [0.2, 0.25) is 0 Å². The van der Waals surface area contributed by atoms with Crippen molar-refractivity contribution in [1.29, 1.82) is 0 Å². The number of para-hydroxylation sites is 1. The fourth-order valence-electron chi connectivity index (χ4n) is 1.74. The Labute approximate surface area is 127 Å². The van der Waals surface area contributed by atoms with Gasteiger partial charge in [0, 0.05) is 10.2 Å². The maximum absolute atomic E-state index is 12.1. The maximum atomic E-state index is 12.1. The predicted octanol–water partition coefficient (Wildman–Crippen LogP) is 4.16. The van der Waals surface area contributed by atoms with Crippen LogP contribution in [0.25, 0.3) is 0 Å². The van der Waals surface area contributed by atoms with Gasteiger partial charge in [0.1, 0.15) is 5.75 Å². The monoisotopic (exact) mass is 333 g/mol. The summed E-state index contributed by atoms with van der Waals surface area (Å²) in [4.78, 5) is 12.1. The largest absolute Gasteiger partial charge is 0.481 e. The summed E-state index contributed by atoms with van der Waals surface area (Å²) in [6, 6.07) is 15.1. The van der Waals surface area contributed by atoms with Crippen molar-refractivity contribution in [3.05, 3.63) is 58.6 Å². The minimum absolute atomic E-state index is 0.175. The molecular weight excluding hydrogens is 318 g/mol. The van der Waals surface area contributed by atoms with Gasteiger partial charge in [-0.2, -0.15) is 0 Å². The Morgan fingerprint density at radius 1 is 1.20 bits per heavy atom. The number of aryl methyl sites for hydroxylation is 1. The Morgan fingerprint density at radius 2 is 1.95 bits per heavy atom. The minimum atomic E-state index is -0.560. The van der Waals surface area contributed by atoms with Crippen molar-refractivity contribution in [3.8, 4) is 5.75 Å². The molecule has 0 aliphatic carbocycles. The molecule has 0 aliphatic rings. The minimum Gasteiger partial charge on any atom is -0.481 e. The number of halogens is 1. The van der Waals surface area contributed by atoms with Crippen LogP contribution >= 0.6 is 15.9 Å². The highest BCUT2D eigenvalue weighted by atomic mass is 79.9. The standard InChI is InChI=1S/C16H16BrNO2/c1-11-6-3-4-9-15(11)20-12(2)16(19)18-14-8-5-7-13(17)10-14/h3-10,12H,1-2H3,(H,18,19). The van der Waals surface area contributed by atoms with Gasteiger partial charge in [-0.15, -0.1) is 0 Å². The second-order valence-electron chi connectivity index (χ2n) is 4.53. The van der Waals surface area contributed by atoms with Crippen LogP contribution < -0.4 is 10.1 Å². The number of anilines is 1. The molecular formula is C16H16BrNO2. The fraction of sp³-hybridized carbons (Fsp3) is 0.188. The first kappa shape index (κ1) is 14.6. The topological polar surface area (TPSA) is 38.3 Å². The molecule has 0 bridgehead atoms. The molecule has 1 amide bonds. The number of ether oxygens (including phenoxy) is 1. The summed E-state index contributed by atoms with van der Waals surface area (Å²) >= 11 is 3.37. The van der Waals surface area contributed by atoms with Crippen LogP contribution in [-0.2, 0) is 4.79 Å². The van der Waals surface area contributed by atoms with Crippen LogP contribution in [0.15, 0.2) is 53.0 Å². The van der Waals surface area contributed by atoms with Gasteiger partial charge in [-0.1, -0.05) is 40.2 Å². The van der Waals surface area contributed by atoms with Gasteiger partial charge in [0.2, 0.25) is 0 Å². The molecule has 1 unspecified atom stereocenters. The summed E-state index contributed by atoms with van der Waals surface area (Å²) < 4.78 is 6.60. The van der Waals surface area contributed by atoms with Crippen LogP contribution in [0, 0.1) is 6.92 Å². The van der Waals surface area contributed by atoms with Crippen molar-refractivity contribution in [2.75, 3.05) is 5.32 Å². The molecule has 0 fully saturated rings. The SMILES string of the molecule is Cc1ccccc1OC(C)C(=O)Nc1cccc(Br)c1. The molecule has 0 saturated carbocycles. The average molecular weight is 334 g/mol. The van der Waals surface area contributed by atoms with Crippen LogP contribution in [0.4, 0.5) is 5.69 Å². The first-order chi connectivity index (χ1) is 9.56. The van der Waals surface area contributed by atoms with E-state index in [1.165, 1.54) is 0 Å².